The van der Waals surface area contributed by atoms with Gasteiger partial charge in [0.15, 0.2) is 0 Å². The third-order valence-corrected chi connectivity index (χ3v) is 4.78. The highest BCUT2D eigenvalue weighted by atomic mass is 31.2. The zero-order chi connectivity index (χ0) is 13.7. The monoisotopic (exact) mass is 279 g/mol. The number of aromatic nitrogens is 1. The Labute approximate surface area is 113 Å². The van der Waals surface area contributed by atoms with E-state index in [9.17, 15) is 4.57 Å². The first-order chi connectivity index (χ1) is 9.18. The molecule has 0 radical (unpaired) electrons. The molecule has 0 aliphatic heterocycles. The lowest BCUT2D eigenvalue weighted by atomic mass is 10.1. The Balaban J connectivity index is 2.36. The minimum Gasteiger partial charge on any atom is -0.309 e. The largest absolute Gasteiger partial charge is 0.335 e. The van der Waals surface area contributed by atoms with Gasteiger partial charge in [-0.15, -0.1) is 0 Å². The van der Waals surface area contributed by atoms with Crippen molar-refractivity contribution in [2.45, 2.75) is 20.0 Å². The fourth-order valence-electron chi connectivity index (χ4n) is 2.04. The fourth-order valence-corrected chi connectivity index (χ4v) is 3.77. The molecule has 2 aromatic rings. The number of hydrogen-bond donors (Lipinski definition) is 0. The van der Waals surface area contributed by atoms with Crippen molar-refractivity contribution in [3.63, 3.8) is 0 Å². The standard InChI is InChI=1S/C14H18NO3P/c1-3-17-19(16,18-4-2)11-12-7-5-9-14-13(12)8-6-10-15-14/h5-10H,3-4,11H2,1-2H3. The second-order valence-corrected chi connectivity index (χ2v) is 6.15. The van der Waals surface area contributed by atoms with Crippen LogP contribution in [0, 0.1) is 0 Å². The minimum absolute atomic E-state index is 0.276. The Morgan fingerprint density at radius 3 is 2.53 bits per heavy atom. The number of fused-ring (bicyclic) bond motifs is 1. The second-order valence-electron chi connectivity index (χ2n) is 4.09. The molecular weight excluding hydrogens is 261 g/mol. The molecule has 1 aromatic carbocycles. The Hall–Kier alpha value is -1.22. The zero-order valence-corrected chi connectivity index (χ0v) is 12.1. The minimum atomic E-state index is -3.07. The zero-order valence-electron chi connectivity index (χ0n) is 11.2. The smallest absolute Gasteiger partial charge is 0.309 e. The van der Waals surface area contributed by atoms with Gasteiger partial charge in [0.1, 0.15) is 0 Å². The fraction of sp³-hybridized carbons (Fsp3) is 0.357. The quantitative estimate of drug-likeness (QED) is 0.750. The van der Waals surface area contributed by atoms with Gasteiger partial charge in [0.25, 0.3) is 0 Å². The second kappa shape index (κ2) is 6.29. The molecule has 19 heavy (non-hydrogen) atoms. The van der Waals surface area contributed by atoms with Gasteiger partial charge in [-0.1, -0.05) is 18.2 Å². The number of pyridine rings is 1. The summed E-state index contributed by atoms with van der Waals surface area (Å²) in [5, 5.41) is 0.990. The van der Waals surface area contributed by atoms with E-state index < -0.39 is 7.60 Å². The Morgan fingerprint density at radius 1 is 1.11 bits per heavy atom. The lowest BCUT2D eigenvalue weighted by Gasteiger charge is -2.17. The summed E-state index contributed by atoms with van der Waals surface area (Å²) >= 11 is 0. The molecule has 2 rings (SSSR count). The van der Waals surface area contributed by atoms with Gasteiger partial charge in [-0.2, -0.15) is 0 Å². The van der Waals surface area contributed by atoms with Crippen molar-refractivity contribution in [1.29, 1.82) is 0 Å². The number of nitrogens with zero attached hydrogens (tertiary/aromatic N) is 1. The van der Waals surface area contributed by atoms with Crippen LogP contribution in [0.5, 0.6) is 0 Å². The molecule has 0 saturated heterocycles. The van der Waals surface area contributed by atoms with Crippen molar-refractivity contribution < 1.29 is 13.6 Å². The van der Waals surface area contributed by atoms with Gasteiger partial charge in [-0.3, -0.25) is 9.55 Å². The van der Waals surface area contributed by atoms with E-state index >= 15 is 0 Å². The molecule has 0 atom stereocenters. The van der Waals surface area contributed by atoms with Crippen molar-refractivity contribution in [3.05, 3.63) is 42.1 Å². The summed E-state index contributed by atoms with van der Waals surface area (Å²) in [5.74, 6) is 0. The van der Waals surface area contributed by atoms with Crippen LogP contribution in [0.15, 0.2) is 36.5 Å². The van der Waals surface area contributed by atoms with E-state index in [2.05, 4.69) is 4.98 Å². The number of rotatable bonds is 6. The van der Waals surface area contributed by atoms with Crippen LogP contribution in [0.25, 0.3) is 10.9 Å². The normalized spacial score (nSPS) is 11.9. The molecule has 0 unspecified atom stereocenters. The van der Waals surface area contributed by atoms with E-state index in [1.165, 1.54) is 0 Å². The molecule has 0 N–H and O–H groups in total. The van der Waals surface area contributed by atoms with Crippen molar-refractivity contribution in [3.8, 4) is 0 Å². The lowest BCUT2D eigenvalue weighted by Crippen LogP contribution is -1.99. The highest BCUT2D eigenvalue weighted by Crippen LogP contribution is 2.51. The van der Waals surface area contributed by atoms with Gasteiger partial charge in [-0.25, -0.2) is 0 Å². The maximum Gasteiger partial charge on any atom is 0.335 e. The van der Waals surface area contributed by atoms with Crippen molar-refractivity contribution in [1.82, 2.24) is 4.98 Å². The van der Waals surface area contributed by atoms with Gasteiger partial charge in [0.2, 0.25) is 0 Å². The van der Waals surface area contributed by atoms with Crippen LogP contribution in [-0.2, 0) is 19.8 Å². The van der Waals surface area contributed by atoms with Crippen LogP contribution < -0.4 is 0 Å². The summed E-state index contributed by atoms with van der Waals surface area (Å²) in [4.78, 5) is 4.29. The molecule has 0 saturated carbocycles. The van der Waals surface area contributed by atoms with Crippen LogP contribution in [-0.4, -0.2) is 18.2 Å². The van der Waals surface area contributed by atoms with Crippen LogP contribution in [0.1, 0.15) is 19.4 Å². The molecule has 0 aliphatic rings. The number of hydrogen-bond acceptors (Lipinski definition) is 4. The predicted molar refractivity (Wildman–Crippen MR) is 76.3 cm³/mol. The van der Waals surface area contributed by atoms with E-state index in [0.29, 0.717) is 13.2 Å². The van der Waals surface area contributed by atoms with Crippen LogP contribution in [0.2, 0.25) is 0 Å². The molecule has 0 aliphatic carbocycles. The van der Waals surface area contributed by atoms with Gasteiger partial charge < -0.3 is 9.05 Å². The predicted octanol–water partition coefficient (Wildman–Crippen LogP) is 4.00. The molecule has 0 amide bonds. The molecule has 0 fully saturated rings. The Morgan fingerprint density at radius 2 is 1.84 bits per heavy atom. The first-order valence-corrected chi connectivity index (χ1v) is 8.12. The summed E-state index contributed by atoms with van der Waals surface area (Å²) in [5.41, 5.74) is 1.83. The van der Waals surface area contributed by atoms with Crippen LogP contribution in [0.3, 0.4) is 0 Å². The lowest BCUT2D eigenvalue weighted by molar-refractivity contribution is 0.219. The summed E-state index contributed by atoms with van der Waals surface area (Å²) in [6, 6.07) is 9.63. The SMILES string of the molecule is CCOP(=O)(Cc1cccc2ncccc12)OCC. The molecule has 102 valence electrons. The van der Waals surface area contributed by atoms with E-state index in [-0.39, 0.29) is 6.16 Å². The summed E-state index contributed by atoms with van der Waals surface area (Å²) < 4.78 is 23.2. The topological polar surface area (TPSA) is 48.4 Å². The van der Waals surface area contributed by atoms with Crippen molar-refractivity contribution >= 4 is 18.5 Å². The molecule has 4 nitrogen and oxygen atoms in total. The summed E-state index contributed by atoms with van der Waals surface area (Å²) in [7, 11) is -3.07. The molecule has 1 aromatic heterocycles. The first-order valence-electron chi connectivity index (χ1n) is 6.39. The average molecular weight is 279 g/mol. The van der Waals surface area contributed by atoms with Crippen LogP contribution >= 0.6 is 7.60 Å². The Bertz CT molecular complexity index is 585. The highest BCUT2D eigenvalue weighted by molar-refractivity contribution is 7.53. The van der Waals surface area contributed by atoms with Crippen molar-refractivity contribution in [2.24, 2.45) is 0 Å². The third kappa shape index (κ3) is 3.41. The van der Waals surface area contributed by atoms with Crippen LogP contribution in [0.4, 0.5) is 0 Å². The highest BCUT2D eigenvalue weighted by Gasteiger charge is 2.24. The van der Waals surface area contributed by atoms with E-state index in [4.69, 9.17) is 9.05 Å². The Kier molecular flexibility index (Phi) is 4.70. The van der Waals surface area contributed by atoms with Gasteiger partial charge in [0, 0.05) is 11.6 Å². The number of benzene rings is 1. The summed E-state index contributed by atoms with van der Waals surface area (Å²) in [6.45, 7) is 4.38. The molecule has 1 heterocycles. The maximum atomic E-state index is 12.6. The van der Waals surface area contributed by atoms with Gasteiger partial charge >= 0.3 is 7.60 Å². The first kappa shape index (κ1) is 14.2. The average Bonchev–Trinajstić information content (AvgIpc) is 2.39. The maximum absolute atomic E-state index is 12.6. The van der Waals surface area contributed by atoms with Gasteiger partial charge in [0.05, 0.1) is 24.9 Å². The van der Waals surface area contributed by atoms with E-state index in [1.54, 1.807) is 6.20 Å². The van der Waals surface area contributed by atoms with E-state index in [0.717, 1.165) is 16.5 Å². The molecular formula is C14H18NO3P. The molecule has 5 heteroatoms. The van der Waals surface area contributed by atoms with Crippen molar-refractivity contribution in [2.75, 3.05) is 13.2 Å². The van der Waals surface area contributed by atoms with E-state index in [1.807, 2.05) is 44.2 Å². The van der Waals surface area contributed by atoms with Gasteiger partial charge in [-0.05, 0) is 31.5 Å². The summed E-state index contributed by atoms with van der Waals surface area (Å²) in [6.07, 6.45) is 2.02. The third-order valence-electron chi connectivity index (χ3n) is 2.75. The molecule has 0 spiro atoms. The molecule has 0 bridgehead atoms.